The summed E-state index contributed by atoms with van der Waals surface area (Å²) in [6, 6.07) is 9.69. The maximum atomic E-state index is 11.2. The highest BCUT2D eigenvalue weighted by molar-refractivity contribution is 5.95. The molecule has 0 unspecified atom stereocenters. The van der Waals surface area contributed by atoms with E-state index >= 15 is 0 Å². The van der Waals surface area contributed by atoms with E-state index in [0.29, 0.717) is 12.0 Å². The van der Waals surface area contributed by atoms with Crippen LogP contribution in [0.15, 0.2) is 42.5 Å². The van der Waals surface area contributed by atoms with Gasteiger partial charge in [0.05, 0.1) is 0 Å². The van der Waals surface area contributed by atoms with Crippen molar-refractivity contribution in [2.45, 2.75) is 13.3 Å². The molecule has 0 saturated carbocycles. The highest BCUT2D eigenvalue weighted by Gasteiger charge is 2.02. The molecule has 5 nitrogen and oxygen atoms in total. The largest absolute Gasteiger partial charge is 0.294 e. The number of hydrogen-bond acceptors (Lipinski definition) is 5. The van der Waals surface area contributed by atoms with Crippen LogP contribution in [0.1, 0.15) is 12.5 Å². The zero-order valence-corrected chi connectivity index (χ0v) is 10.0. The second kappa shape index (κ2) is 12.5. The predicted molar refractivity (Wildman–Crippen MR) is 66.8 cm³/mol. The van der Waals surface area contributed by atoms with Crippen molar-refractivity contribution in [2.24, 2.45) is 0 Å². The molecule has 0 aliphatic carbocycles. The molecule has 0 saturated heterocycles. The van der Waals surface area contributed by atoms with Gasteiger partial charge in [0, 0.05) is 6.42 Å². The summed E-state index contributed by atoms with van der Waals surface area (Å²) < 4.78 is 0. The lowest BCUT2D eigenvalue weighted by Gasteiger charge is -1.98. The van der Waals surface area contributed by atoms with Crippen molar-refractivity contribution in [3.05, 3.63) is 48.0 Å². The number of rotatable bonds is 3. The first-order valence-corrected chi connectivity index (χ1v) is 4.83. The predicted octanol–water partition coefficient (Wildman–Crippen LogP) is 2.18. The van der Waals surface area contributed by atoms with Crippen molar-refractivity contribution in [3.8, 4) is 0 Å². The van der Waals surface area contributed by atoms with Gasteiger partial charge in [0.1, 0.15) is 0 Å². The van der Waals surface area contributed by atoms with Gasteiger partial charge in [0.25, 0.3) is 0 Å². The van der Waals surface area contributed by atoms with Crippen LogP contribution in [0.4, 0.5) is 0 Å². The fourth-order valence-corrected chi connectivity index (χ4v) is 0.932. The fraction of sp³-hybridized carbons (Fsp3) is 0.154. The molecule has 0 atom stereocenters. The van der Waals surface area contributed by atoms with Crippen LogP contribution in [0, 0.1) is 10.8 Å². The summed E-state index contributed by atoms with van der Waals surface area (Å²) in [6.45, 7) is 5.34. The molecule has 0 aliphatic heterocycles. The Labute approximate surface area is 105 Å². The van der Waals surface area contributed by atoms with Crippen molar-refractivity contribution >= 4 is 17.9 Å². The Hall–Kier alpha value is -2.61. The molecule has 0 aromatic heterocycles. The third-order valence-electron chi connectivity index (χ3n) is 1.68. The Morgan fingerprint density at radius 1 is 1.17 bits per heavy atom. The van der Waals surface area contributed by atoms with Crippen LogP contribution in [-0.4, -0.2) is 17.9 Å². The number of isocyanates is 2. The number of Topliss-reactive ketones (excluding diaryl/α,β-unsaturated/α-hetero) is 1. The van der Waals surface area contributed by atoms with Crippen LogP contribution in [0.3, 0.4) is 0 Å². The lowest BCUT2D eigenvalue weighted by atomic mass is 10.1. The van der Waals surface area contributed by atoms with Crippen LogP contribution in [0.2, 0.25) is 0 Å². The van der Waals surface area contributed by atoms with E-state index in [1.807, 2.05) is 30.3 Å². The molecule has 0 fully saturated rings. The molecule has 0 bridgehead atoms. The molecule has 1 rings (SSSR count). The Kier molecular flexibility index (Phi) is 12.3. The summed E-state index contributed by atoms with van der Waals surface area (Å²) in [6.07, 6.45) is 1.97. The minimum atomic E-state index is 0.112. The lowest BCUT2D eigenvalue weighted by molar-refractivity contribution is -0.114. The monoisotopic (exact) mass is 246 g/mol. The maximum Gasteiger partial charge on any atom is 0.231 e. The normalized spacial score (nSPS) is 7.17. The zero-order valence-electron chi connectivity index (χ0n) is 10.0. The number of allylic oxidation sites excluding steroid dienone is 1. The van der Waals surface area contributed by atoms with Crippen LogP contribution in [0.25, 0.3) is 0 Å². The first-order chi connectivity index (χ1) is 8.53. The number of carbonyl (C=O) groups is 1. The first kappa shape index (κ1) is 17.8. The quantitative estimate of drug-likeness (QED) is 0.485. The van der Waals surface area contributed by atoms with Crippen LogP contribution < -0.4 is 0 Å². The number of benzene rings is 1. The molecule has 18 heavy (non-hydrogen) atoms. The molecule has 1 aromatic carbocycles. The van der Waals surface area contributed by atoms with Gasteiger partial charge in [-0.05, 0) is 18.1 Å². The zero-order chi connectivity index (χ0) is 14.4. The van der Waals surface area contributed by atoms with Crippen LogP contribution >= 0.6 is 0 Å². The minimum Gasteiger partial charge on any atom is -0.294 e. The summed E-state index contributed by atoms with van der Waals surface area (Å²) in [5.41, 5.74) is 1.67. The van der Waals surface area contributed by atoms with Crippen molar-refractivity contribution < 1.29 is 14.4 Å². The molecule has 0 aliphatic rings. The SMILES string of the molecule is C=C(C)C(=O)Cc1ccccc1.N=C=O.N=C=O. The Balaban J connectivity index is 0. The Morgan fingerprint density at radius 3 is 1.89 bits per heavy atom. The van der Waals surface area contributed by atoms with Crippen LogP contribution in [-0.2, 0) is 20.8 Å². The lowest BCUT2D eigenvalue weighted by Crippen LogP contribution is -2.02. The van der Waals surface area contributed by atoms with Gasteiger partial charge in [-0.1, -0.05) is 36.9 Å². The van der Waals surface area contributed by atoms with Gasteiger partial charge >= 0.3 is 0 Å². The van der Waals surface area contributed by atoms with Crippen LogP contribution in [0.5, 0.6) is 0 Å². The summed E-state index contributed by atoms with van der Waals surface area (Å²) in [7, 11) is 0. The van der Waals surface area contributed by atoms with Crippen molar-refractivity contribution in [3.63, 3.8) is 0 Å². The number of carbonyl (C=O) groups excluding carboxylic acids is 3. The van der Waals surface area contributed by atoms with Gasteiger partial charge in [0.15, 0.2) is 5.78 Å². The summed E-state index contributed by atoms with van der Waals surface area (Å²) in [5.74, 6) is 0.112. The third-order valence-corrected chi connectivity index (χ3v) is 1.68. The molecule has 5 heteroatoms. The van der Waals surface area contributed by atoms with E-state index in [0.717, 1.165) is 17.7 Å². The molecule has 0 spiro atoms. The van der Waals surface area contributed by atoms with E-state index in [1.165, 1.54) is 0 Å². The minimum absolute atomic E-state index is 0.112. The van der Waals surface area contributed by atoms with E-state index in [-0.39, 0.29) is 5.78 Å². The van der Waals surface area contributed by atoms with E-state index in [9.17, 15) is 4.79 Å². The summed E-state index contributed by atoms with van der Waals surface area (Å²) in [4.78, 5) is 27.9. The summed E-state index contributed by atoms with van der Waals surface area (Å²) >= 11 is 0. The van der Waals surface area contributed by atoms with E-state index in [1.54, 1.807) is 6.92 Å². The van der Waals surface area contributed by atoms with Gasteiger partial charge in [0.2, 0.25) is 12.2 Å². The topological polar surface area (TPSA) is 98.9 Å². The smallest absolute Gasteiger partial charge is 0.231 e. The van der Waals surface area contributed by atoms with E-state index < -0.39 is 0 Å². The number of ketones is 1. The summed E-state index contributed by atoms with van der Waals surface area (Å²) in [5, 5.41) is 10.8. The van der Waals surface area contributed by atoms with E-state index in [4.69, 9.17) is 20.4 Å². The Morgan fingerprint density at radius 2 is 1.56 bits per heavy atom. The van der Waals surface area contributed by atoms with Gasteiger partial charge < -0.3 is 0 Å². The highest BCUT2D eigenvalue weighted by atomic mass is 16.1. The van der Waals surface area contributed by atoms with Crippen molar-refractivity contribution in [1.82, 2.24) is 0 Å². The average molecular weight is 246 g/mol. The number of hydrogen-bond donors (Lipinski definition) is 2. The molecule has 0 heterocycles. The highest BCUT2D eigenvalue weighted by Crippen LogP contribution is 2.03. The van der Waals surface area contributed by atoms with Gasteiger partial charge in [-0.3, -0.25) is 4.79 Å². The van der Waals surface area contributed by atoms with E-state index in [2.05, 4.69) is 6.58 Å². The number of nitrogens with one attached hydrogen (secondary N) is 2. The molecular weight excluding hydrogens is 232 g/mol. The third kappa shape index (κ3) is 11.5. The Bertz CT molecular complexity index is 429. The molecule has 0 amide bonds. The molecular formula is C13H14N2O3. The van der Waals surface area contributed by atoms with Crippen molar-refractivity contribution in [1.29, 1.82) is 10.8 Å². The second-order valence-corrected chi connectivity index (χ2v) is 3.07. The first-order valence-electron chi connectivity index (χ1n) is 4.83. The maximum absolute atomic E-state index is 11.2. The molecule has 1 aromatic rings. The average Bonchev–Trinajstić information content (AvgIpc) is 2.32. The molecule has 2 N–H and O–H groups in total. The van der Waals surface area contributed by atoms with Gasteiger partial charge in [-0.25, -0.2) is 20.4 Å². The van der Waals surface area contributed by atoms with Gasteiger partial charge in [-0.15, -0.1) is 0 Å². The standard InChI is InChI=1S/C11H12O.2CHNO/c1-9(2)11(12)8-10-6-4-3-5-7-10;2*2-1-3/h3-7H,1,8H2,2H3;2*2H. The molecule has 94 valence electrons. The van der Waals surface area contributed by atoms with Crippen molar-refractivity contribution in [2.75, 3.05) is 0 Å². The van der Waals surface area contributed by atoms with Gasteiger partial charge in [-0.2, -0.15) is 0 Å². The molecule has 0 radical (unpaired) electrons. The second-order valence-electron chi connectivity index (χ2n) is 3.07. The fourth-order valence-electron chi connectivity index (χ4n) is 0.932.